The van der Waals surface area contributed by atoms with Crippen molar-refractivity contribution in [2.45, 2.75) is 50.6 Å². The van der Waals surface area contributed by atoms with Gasteiger partial charge < -0.3 is 4.90 Å². The molecule has 3 atom stereocenters. The molecular formula is C22H26FN3OS. The van der Waals surface area contributed by atoms with Crippen LogP contribution in [0.4, 0.5) is 4.39 Å². The summed E-state index contributed by atoms with van der Waals surface area (Å²) in [6.07, 6.45) is 4.30. The van der Waals surface area contributed by atoms with E-state index in [1.807, 2.05) is 17.5 Å². The highest BCUT2D eigenvalue weighted by atomic mass is 32.1. The molecule has 0 unspecified atom stereocenters. The molecule has 4 saturated heterocycles. The fraction of sp³-hybridized carbons (Fsp3) is 0.545. The third-order valence-corrected chi connectivity index (χ3v) is 7.70. The summed E-state index contributed by atoms with van der Waals surface area (Å²) < 4.78 is 13.5. The number of halogens is 1. The molecule has 6 rings (SSSR count). The first-order valence-electron chi connectivity index (χ1n) is 10.4. The molecule has 0 spiro atoms. The highest BCUT2D eigenvalue weighted by Gasteiger charge is 2.54. The number of likely N-dealkylation sites (tertiary alicyclic amines) is 1. The van der Waals surface area contributed by atoms with Crippen LogP contribution < -0.4 is 0 Å². The van der Waals surface area contributed by atoms with Gasteiger partial charge in [-0.3, -0.25) is 9.69 Å². The van der Waals surface area contributed by atoms with E-state index in [0.717, 1.165) is 36.5 Å². The molecule has 4 aliphatic heterocycles. The first kappa shape index (κ1) is 18.3. The number of nitrogens with zero attached hydrogens (tertiary/aromatic N) is 3. The van der Waals surface area contributed by atoms with Crippen molar-refractivity contribution in [3.8, 4) is 0 Å². The first-order valence-corrected chi connectivity index (χ1v) is 11.3. The fourth-order valence-electron chi connectivity index (χ4n) is 5.54. The van der Waals surface area contributed by atoms with Gasteiger partial charge in [-0.15, -0.1) is 11.3 Å². The quantitative estimate of drug-likeness (QED) is 0.781. The van der Waals surface area contributed by atoms with Crippen molar-refractivity contribution in [2.24, 2.45) is 5.92 Å². The van der Waals surface area contributed by atoms with Crippen LogP contribution in [-0.4, -0.2) is 52.4 Å². The number of thiazole rings is 1. The van der Waals surface area contributed by atoms with Crippen LogP contribution in [0.1, 0.15) is 53.2 Å². The van der Waals surface area contributed by atoms with Gasteiger partial charge >= 0.3 is 0 Å². The molecule has 2 bridgehead atoms. The molecule has 1 aromatic carbocycles. The molecule has 4 fully saturated rings. The van der Waals surface area contributed by atoms with Crippen LogP contribution in [0.25, 0.3) is 0 Å². The second kappa shape index (κ2) is 7.23. The lowest BCUT2D eigenvalue weighted by Gasteiger charge is -2.51. The largest absolute Gasteiger partial charge is 0.332 e. The Morgan fingerprint density at radius 1 is 1.21 bits per heavy atom. The molecule has 4 nitrogen and oxygen atoms in total. The molecule has 0 N–H and O–H groups in total. The third kappa shape index (κ3) is 2.98. The normalized spacial score (nSPS) is 31.2. The summed E-state index contributed by atoms with van der Waals surface area (Å²) in [5.41, 5.74) is 1.74. The van der Waals surface area contributed by atoms with E-state index < -0.39 is 0 Å². The average molecular weight is 400 g/mol. The van der Waals surface area contributed by atoms with Gasteiger partial charge in [0.25, 0.3) is 5.91 Å². The summed E-state index contributed by atoms with van der Waals surface area (Å²) >= 11 is 1.59. The zero-order chi connectivity index (χ0) is 19.3. The van der Waals surface area contributed by atoms with Gasteiger partial charge in [0.2, 0.25) is 0 Å². The Labute approximate surface area is 169 Å². The predicted molar refractivity (Wildman–Crippen MR) is 108 cm³/mol. The Kier molecular flexibility index (Phi) is 4.71. The summed E-state index contributed by atoms with van der Waals surface area (Å²) in [7, 11) is 0. The number of amides is 1. The Hall–Kier alpha value is -1.79. The maximum Gasteiger partial charge on any atom is 0.273 e. The van der Waals surface area contributed by atoms with Gasteiger partial charge in [0.15, 0.2) is 0 Å². The number of aryl methyl sites for hydroxylation is 1. The number of aromatic nitrogens is 1. The van der Waals surface area contributed by atoms with E-state index in [-0.39, 0.29) is 23.7 Å². The Morgan fingerprint density at radius 2 is 1.96 bits per heavy atom. The average Bonchev–Trinajstić information content (AvgIpc) is 3.36. The second-order valence-electron chi connectivity index (χ2n) is 8.35. The van der Waals surface area contributed by atoms with E-state index in [9.17, 15) is 9.18 Å². The molecule has 28 heavy (non-hydrogen) atoms. The monoisotopic (exact) mass is 399 g/mol. The number of hydrogen-bond donors (Lipinski definition) is 0. The molecular weight excluding hydrogens is 373 g/mol. The maximum absolute atomic E-state index is 13.5. The molecule has 0 radical (unpaired) electrons. The van der Waals surface area contributed by atoms with Crippen LogP contribution in [0.3, 0.4) is 0 Å². The standard InChI is InChI=1S/C22H26FN3OS/c1-2-3-19-24-18(13-28-19)22(27)26-12-17(14-4-6-16(23)7-5-14)21-20(26)15-8-10-25(21)11-9-15/h4-7,13,15,17,20-21H,2-3,8-12H2,1H3/t17-,20+,21+/m0/s1. The van der Waals surface area contributed by atoms with Crippen LogP contribution in [0.2, 0.25) is 0 Å². The van der Waals surface area contributed by atoms with Crippen molar-refractivity contribution in [2.75, 3.05) is 19.6 Å². The van der Waals surface area contributed by atoms with Crippen LogP contribution in [-0.2, 0) is 6.42 Å². The second-order valence-corrected chi connectivity index (χ2v) is 9.29. The lowest BCUT2D eigenvalue weighted by Crippen LogP contribution is -2.60. The molecule has 4 aliphatic rings. The van der Waals surface area contributed by atoms with E-state index in [1.165, 1.54) is 12.8 Å². The molecule has 2 aromatic rings. The molecule has 5 heterocycles. The summed E-state index contributed by atoms with van der Waals surface area (Å²) in [5.74, 6) is 0.680. The van der Waals surface area contributed by atoms with Crippen LogP contribution in [0.15, 0.2) is 29.6 Å². The zero-order valence-corrected chi connectivity index (χ0v) is 17.0. The van der Waals surface area contributed by atoms with Gasteiger partial charge in [-0.2, -0.15) is 0 Å². The number of piperidine rings is 3. The van der Waals surface area contributed by atoms with Gasteiger partial charge in [0.1, 0.15) is 11.5 Å². The van der Waals surface area contributed by atoms with Gasteiger partial charge in [-0.1, -0.05) is 19.1 Å². The molecule has 1 aromatic heterocycles. The minimum atomic E-state index is -0.206. The van der Waals surface area contributed by atoms with Crippen molar-refractivity contribution < 1.29 is 9.18 Å². The number of carbonyl (C=O) groups is 1. The zero-order valence-electron chi connectivity index (χ0n) is 16.2. The highest BCUT2D eigenvalue weighted by molar-refractivity contribution is 7.09. The van der Waals surface area contributed by atoms with Crippen molar-refractivity contribution in [1.82, 2.24) is 14.8 Å². The predicted octanol–water partition coefficient (Wildman–Crippen LogP) is 3.94. The van der Waals surface area contributed by atoms with Crippen molar-refractivity contribution in [3.63, 3.8) is 0 Å². The number of rotatable bonds is 4. The topological polar surface area (TPSA) is 36.4 Å². The lowest BCUT2D eigenvalue weighted by molar-refractivity contribution is -0.00356. The van der Waals surface area contributed by atoms with E-state index in [0.29, 0.717) is 24.2 Å². The fourth-order valence-corrected chi connectivity index (χ4v) is 6.42. The number of fused-ring (bicyclic) bond motifs is 2. The van der Waals surface area contributed by atoms with E-state index in [1.54, 1.807) is 23.5 Å². The Balaban J connectivity index is 1.47. The van der Waals surface area contributed by atoms with Gasteiger partial charge in [-0.05, 0) is 62.4 Å². The van der Waals surface area contributed by atoms with E-state index in [4.69, 9.17) is 0 Å². The minimum absolute atomic E-state index is 0.0759. The molecule has 0 saturated carbocycles. The van der Waals surface area contributed by atoms with Crippen LogP contribution in [0.5, 0.6) is 0 Å². The van der Waals surface area contributed by atoms with E-state index in [2.05, 4.69) is 21.7 Å². The number of carbonyl (C=O) groups excluding carboxylic acids is 1. The summed E-state index contributed by atoms with van der Waals surface area (Å²) in [4.78, 5) is 22.7. The van der Waals surface area contributed by atoms with E-state index >= 15 is 0 Å². The van der Waals surface area contributed by atoms with Crippen LogP contribution >= 0.6 is 11.3 Å². The molecule has 0 aliphatic carbocycles. The Morgan fingerprint density at radius 3 is 2.68 bits per heavy atom. The van der Waals surface area contributed by atoms with Gasteiger partial charge in [-0.25, -0.2) is 9.37 Å². The Bertz CT molecular complexity index is 859. The number of benzene rings is 1. The van der Waals surface area contributed by atoms with Crippen molar-refractivity contribution >= 4 is 17.2 Å². The smallest absolute Gasteiger partial charge is 0.273 e. The van der Waals surface area contributed by atoms with Crippen LogP contribution in [0, 0.1) is 11.7 Å². The highest BCUT2D eigenvalue weighted by Crippen LogP contribution is 2.47. The molecule has 1 amide bonds. The number of hydrogen-bond acceptors (Lipinski definition) is 4. The molecule has 6 heteroatoms. The summed E-state index contributed by atoms with van der Waals surface area (Å²) in [5, 5.41) is 2.97. The summed E-state index contributed by atoms with van der Waals surface area (Å²) in [6, 6.07) is 7.48. The maximum atomic E-state index is 13.5. The molecule has 148 valence electrons. The van der Waals surface area contributed by atoms with Crippen molar-refractivity contribution in [3.05, 3.63) is 51.7 Å². The first-order chi connectivity index (χ1) is 13.7. The summed E-state index contributed by atoms with van der Waals surface area (Å²) in [6.45, 7) is 5.06. The van der Waals surface area contributed by atoms with Gasteiger partial charge in [0.05, 0.1) is 11.0 Å². The third-order valence-electron chi connectivity index (χ3n) is 6.79. The van der Waals surface area contributed by atoms with Crippen molar-refractivity contribution in [1.29, 1.82) is 0 Å². The SMILES string of the molecule is CCCc1nc(C(=O)N2C[C@@H](c3ccc(F)cc3)[C@@H]3[C@H]2C2CCN3CC2)cs1. The lowest BCUT2D eigenvalue weighted by atomic mass is 9.75. The van der Waals surface area contributed by atoms with Gasteiger partial charge in [0, 0.05) is 23.9 Å². The minimum Gasteiger partial charge on any atom is -0.332 e.